The Morgan fingerprint density at radius 1 is 1.24 bits per heavy atom. The van der Waals surface area contributed by atoms with Gasteiger partial charge in [-0.3, -0.25) is 0 Å². The minimum absolute atomic E-state index is 0.165. The Hall–Kier alpha value is -0.120. The van der Waals surface area contributed by atoms with Gasteiger partial charge in [0.1, 0.15) is 0 Å². The molecule has 3 nitrogen and oxygen atoms in total. The van der Waals surface area contributed by atoms with Crippen molar-refractivity contribution >= 4 is 0 Å². The zero-order valence-electron chi connectivity index (χ0n) is 11.8. The largest absolute Gasteiger partial charge is 0.389 e. The van der Waals surface area contributed by atoms with Crippen molar-refractivity contribution in [3.63, 3.8) is 0 Å². The van der Waals surface area contributed by atoms with Crippen LogP contribution in [0, 0.1) is 5.92 Å². The van der Waals surface area contributed by atoms with E-state index in [9.17, 15) is 5.11 Å². The molecule has 0 aromatic heterocycles. The molecule has 1 saturated carbocycles. The summed E-state index contributed by atoms with van der Waals surface area (Å²) in [5.41, 5.74) is -0.165. The lowest BCUT2D eigenvalue weighted by atomic mass is 9.87. The zero-order valence-corrected chi connectivity index (χ0v) is 11.8. The first-order valence-corrected chi connectivity index (χ1v) is 6.92. The van der Waals surface area contributed by atoms with E-state index in [0.717, 1.165) is 5.92 Å². The topological polar surface area (TPSA) is 41.5 Å². The van der Waals surface area contributed by atoms with E-state index >= 15 is 0 Å². The van der Waals surface area contributed by atoms with Crippen LogP contribution in [-0.4, -0.2) is 36.0 Å². The molecular formula is C14H29NO2. The van der Waals surface area contributed by atoms with Gasteiger partial charge in [0.05, 0.1) is 18.3 Å². The molecule has 0 heterocycles. The van der Waals surface area contributed by atoms with E-state index in [-0.39, 0.29) is 5.60 Å². The minimum atomic E-state index is -0.395. The highest BCUT2D eigenvalue weighted by Crippen LogP contribution is 2.23. The Morgan fingerprint density at radius 2 is 1.82 bits per heavy atom. The number of rotatable bonds is 5. The SMILES string of the molecule is CC1CCC(NCC(O)COC(C)(C)C)CC1. The van der Waals surface area contributed by atoms with E-state index in [4.69, 9.17) is 4.74 Å². The zero-order chi connectivity index (χ0) is 12.9. The van der Waals surface area contributed by atoms with Crippen molar-refractivity contribution in [1.29, 1.82) is 0 Å². The average Bonchev–Trinajstić information content (AvgIpc) is 2.25. The van der Waals surface area contributed by atoms with Crippen LogP contribution in [0.1, 0.15) is 53.4 Å². The lowest BCUT2D eigenvalue weighted by Crippen LogP contribution is -2.40. The Labute approximate surface area is 106 Å². The third kappa shape index (κ3) is 7.02. The van der Waals surface area contributed by atoms with Gasteiger partial charge >= 0.3 is 0 Å². The van der Waals surface area contributed by atoms with Crippen LogP contribution < -0.4 is 5.32 Å². The van der Waals surface area contributed by atoms with Gasteiger partial charge in [-0.2, -0.15) is 0 Å². The molecule has 1 rings (SSSR count). The summed E-state index contributed by atoms with van der Waals surface area (Å²) >= 11 is 0. The van der Waals surface area contributed by atoms with Crippen molar-refractivity contribution < 1.29 is 9.84 Å². The summed E-state index contributed by atoms with van der Waals surface area (Å²) in [5.74, 6) is 0.877. The first-order chi connectivity index (χ1) is 7.87. The van der Waals surface area contributed by atoms with Crippen LogP contribution in [0.4, 0.5) is 0 Å². The molecule has 17 heavy (non-hydrogen) atoms. The number of nitrogens with one attached hydrogen (secondary N) is 1. The molecule has 0 aromatic carbocycles. The Kier molecular flexibility index (Phi) is 5.90. The van der Waals surface area contributed by atoms with Gasteiger partial charge in [-0.25, -0.2) is 0 Å². The van der Waals surface area contributed by atoms with E-state index in [1.54, 1.807) is 0 Å². The first-order valence-electron chi connectivity index (χ1n) is 6.92. The summed E-state index contributed by atoms with van der Waals surface area (Å²) in [7, 11) is 0. The maximum absolute atomic E-state index is 9.81. The number of hydrogen-bond donors (Lipinski definition) is 2. The summed E-state index contributed by atoms with van der Waals surface area (Å²) in [6.07, 6.45) is 4.72. The van der Waals surface area contributed by atoms with Crippen LogP contribution in [0.2, 0.25) is 0 Å². The van der Waals surface area contributed by atoms with E-state index < -0.39 is 6.10 Å². The molecule has 3 heteroatoms. The van der Waals surface area contributed by atoms with Gasteiger partial charge in [-0.1, -0.05) is 6.92 Å². The fraction of sp³-hybridized carbons (Fsp3) is 1.00. The predicted octanol–water partition coefficient (Wildman–Crippen LogP) is 2.33. The lowest BCUT2D eigenvalue weighted by Gasteiger charge is -2.28. The van der Waals surface area contributed by atoms with Gasteiger partial charge in [0.15, 0.2) is 0 Å². The molecule has 0 aromatic rings. The molecule has 0 saturated heterocycles. The Balaban J connectivity index is 2.09. The van der Waals surface area contributed by atoms with Gasteiger partial charge in [0, 0.05) is 12.6 Å². The smallest absolute Gasteiger partial charge is 0.0898 e. The second-order valence-electron chi connectivity index (χ2n) is 6.44. The van der Waals surface area contributed by atoms with Gasteiger partial charge in [-0.15, -0.1) is 0 Å². The van der Waals surface area contributed by atoms with E-state index in [2.05, 4.69) is 12.2 Å². The normalized spacial score (nSPS) is 28.1. The van der Waals surface area contributed by atoms with E-state index in [1.165, 1.54) is 25.7 Å². The lowest BCUT2D eigenvalue weighted by molar-refractivity contribution is -0.0486. The molecular weight excluding hydrogens is 214 g/mol. The molecule has 1 unspecified atom stereocenters. The Bertz CT molecular complexity index is 205. The summed E-state index contributed by atoms with van der Waals surface area (Å²) in [6.45, 7) is 9.41. The highest BCUT2D eigenvalue weighted by molar-refractivity contribution is 4.76. The Morgan fingerprint density at radius 3 is 2.35 bits per heavy atom. The molecule has 1 fully saturated rings. The first kappa shape index (κ1) is 14.9. The summed E-state index contributed by atoms with van der Waals surface area (Å²) in [5, 5.41) is 13.3. The number of aliphatic hydroxyl groups excluding tert-OH is 1. The van der Waals surface area contributed by atoms with Gasteiger partial charge in [0.25, 0.3) is 0 Å². The molecule has 0 amide bonds. The fourth-order valence-corrected chi connectivity index (χ4v) is 2.17. The van der Waals surface area contributed by atoms with Crippen molar-refractivity contribution in [2.75, 3.05) is 13.2 Å². The molecule has 0 spiro atoms. The van der Waals surface area contributed by atoms with Crippen molar-refractivity contribution in [2.24, 2.45) is 5.92 Å². The van der Waals surface area contributed by atoms with Crippen LogP contribution in [0.15, 0.2) is 0 Å². The second kappa shape index (κ2) is 6.72. The van der Waals surface area contributed by atoms with Gasteiger partial charge in [-0.05, 0) is 52.4 Å². The minimum Gasteiger partial charge on any atom is -0.389 e. The van der Waals surface area contributed by atoms with Crippen LogP contribution in [0.3, 0.4) is 0 Å². The van der Waals surface area contributed by atoms with E-state index in [0.29, 0.717) is 19.2 Å². The summed E-state index contributed by atoms with van der Waals surface area (Å²) in [4.78, 5) is 0. The third-order valence-corrected chi connectivity index (χ3v) is 3.37. The van der Waals surface area contributed by atoms with Crippen molar-refractivity contribution in [2.45, 2.75) is 71.1 Å². The standard InChI is InChI=1S/C14H29NO2/c1-11-5-7-12(8-6-11)15-9-13(16)10-17-14(2,3)4/h11-13,15-16H,5-10H2,1-4H3. The van der Waals surface area contributed by atoms with Gasteiger partial charge in [0.2, 0.25) is 0 Å². The molecule has 0 aliphatic heterocycles. The monoisotopic (exact) mass is 243 g/mol. The molecule has 1 aliphatic rings. The van der Waals surface area contributed by atoms with Crippen molar-refractivity contribution in [3.8, 4) is 0 Å². The molecule has 1 aliphatic carbocycles. The third-order valence-electron chi connectivity index (χ3n) is 3.37. The maximum Gasteiger partial charge on any atom is 0.0898 e. The van der Waals surface area contributed by atoms with Crippen molar-refractivity contribution in [1.82, 2.24) is 5.32 Å². The quantitative estimate of drug-likeness (QED) is 0.778. The molecule has 0 bridgehead atoms. The number of ether oxygens (including phenoxy) is 1. The van der Waals surface area contributed by atoms with Crippen LogP contribution in [-0.2, 0) is 4.74 Å². The van der Waals surface area contributed by atoms with Crippen LogP contribution in [0.5, 0.6) is 0 Å². The molecule has 0 radical (unpaired) electrons. The molecule has 1 atom stereocenters. The number of aliphatic hydroxyl groups is 1. The van der Waals surface area contributed by atoms with E-state index in [1.807, 2.05) is 20.8 Å². The summed E-state index contributed by atoms with van der Waals surface area (Å²) < 4.78 is 5.56. The van der Waals surface area contributed by atoms with Crippen LogP contribution in [0.25, 0.3) is 0 Å². The number of hydrogen-bond acceptors (Lipinski definition) is 3. The highest BCUT2D eigenvalue weighted by atomic mass is 16.5. The molecule has 102 valence electrons. The fourth-order valence-electron chi connectivity index (χ4n) is 2.17. The second-order valence-corrected chi connectivity index (χ2v) is 6.44. The average molecular weight is 243 g/mol. The summed E-state index contributed by atoms with van der Waals surface area (Å²) in [6, 6.07) is 0.593. The van der Waals surface area contributed by atoms with Crippen molar-refractivity contribution in [3.05, 3.63) is 0 Å². The maximum atomic E-state index is 9.81. The van der Waals surface area contributed by atoms with Gasteiger partial charge < -0.3 is 15.2 Å². The molecule has 2 N–H and O–H groups in total. The van der Waals surface area contributed by atoms with Crippen LogP contribution >= 0.6 is 0 Å². The highest BCUT2D eigenvalue weighted by Gasteiger charge is 2.19. The predicted molar refractivity (Wildman–Crippen MR) is 71.1 cm³/mol.